The molecule has 1 aromatic carbocycles. The molecule has 0 saturated heterocycles. The lowest BCUT2D eigenvalue weighted by Crippen LogP contribution is -2.42. The lowest BCUT2D eigenvalue weighted by atomic mass is 10.2. The van der Waals surface area contributed by atoms with Gasteiger partial charge < -0.3 is 20.3 Å². The summed E-state index contributed by atoms with van der Waals surface area (Å²) >= 11 is 0. The second-order valence-electron chi connectivity index (χ2n) is 5.78. The van der Waals surface area contributed by atoms with Gasteiger partial charge in [0.25, 0.3) is 0 Å². The van der Waals surface area contributed by atoms with Gasteiger partial charge in [-0.2, -0.15) is 0 Å². The average Bonchev–Trinajstić information content (AvgIpc) is 2.46. The van der Waals surface area contributed by atoms with Crippen LogP contribution >= 0.6 is 24.0 Å². The van der Waals surface area contributed by atoms with E-state index in [1.807, 2.05) is 18.2 Å². The van der Waals surface area contributed by atoms with Gasteiger partial charge in [0.15, 0.2) is 5.96 Å². The molecule has 1 aromatic rings. The molecule has 0 radical (unpaired) electrons. The molecule has 1 unspecified atom stereocenters. The van der Waals surface area contributed by atoms with Gasteiger partial charge in [-0.3, -0.25) is 4.99 Å². The molecule has 0 amide bonds. The molecule has 1 rings (SSSR count). The minimum absolute atomic E-state index is 0. The second-order valence-corrected chi connectivity index (χ2v) is 5.78. The van der Waals surface area contributed by atoms with Crippen LogP contribution in [0.25, 0.3) is 0 Å². The zero-order chi connectivity index (χ0) is 16.4. The highest BCUT2D eigenvalue weighted by Gasteiger charge is 2.05. The summed E-state index contributed by atoms with van der Waals surface area (Å²) in [6.07, 6.45) is 1.16. The number of benzene rings is 1. The van der Waals surface area contributed by atoms with Crippen LogP contribution in [0.15, 0.2) is 29.3 Å². The Hall–Kier alpha value is -1.02. The molecule has 0 spiro atoms. The Morgan fingerprint density at radius 2 is 2.04 bits per heavy atom. The third-order valence-electron chi connectivity index (χ3n) is 3.18. The Balaban J connectivity index is 0.00000484. The summed E-state index contributed by atoms with van der Waals surface area (Å²) in [4.78, 5) is 6.40. The van der Waals surface area contributed by atoms with E-state index in [1.165, 1.54) is 5.56 Å². The van der Waals surface area contributed by atoms with E-state index in [1.54, 1.807) is 7.05 Å². The van der Waals surface area contributed by atoms with E-state index in [0.29, 0.717) is 6.54 Å². The van der Waals surface area contributed by atoms with E-state index in [9.17, 15) is 0 Å². The monoisotopic (exact) mass is 434 g/mol. The van der Waals surface area contributed by atoms with Crippen LogP contribution in [0.4, 0.5) is 0 Å². The number of aryl methyl sites for hydroxylation is 1. The van der Waals surface area contributed by atoms with Gasteiger partial charge in [-0.25, -0.2) is 0 Å². The van der Waals surface area contributed by atoms with Crippen molar-refractivity contribution in [1.82, 2.24) is 15.5 Å². The predicted molar refractivity (Wildman–Crippen MR) is 109 cm³/mol. The van der Waals surface area contributed by atoms with E-state index < -0.39 is 0 Å². The van der Waals surface area contributed by atoms with E-state index >= 15 is 0 Å². The number of guanidine groups is 1. The molecular weight excluding hydrogens is 403 g/mol. The number of nitrogens with one attached hydrogen (secondary N) is 2. The molecule has 0 aromatic heterocycles. The van der Waals surface area contributed by atoms with Crippen molar-refractivity contribution < 1.29 is 4.74 Å². The maximum atomic E-state index is 5.90. The van der Waals surface area contributed by atoms with Crippen molar-refractivity contribution in [2.75, 3.05) is 40.8 Å². The standard InChI is InChI=1S/C17H30N4O.HI/c1-14-8-6-9-16(12-14)22-15(2)13-20-17(18-3)19-10-7-11-21(4)5;/h6,8-9,12,15H,7,10-11,13H2,1-5H3,(H2,18,19,20);1H. The SMILES string of the molecule is CN=C(NCCCN(C)C)NCC(C)Oc1cccc(C)c1.I. The van der Waals surface area contributed by atoms with Gasteiger partial charge in [0.2, 0.25) is 0 Å². The molecular formula is C17H31IN4O. The first-order chi connectivity index (χ1) is 10.5. The van der Waals surface area contributed by atoms with Crippen molar-refractivity contribution in [3.05, 3.63) is 29.8 Å². The molecule has 5 nitrogen and oxygen atoms in total. The zero-order valence-electron chi connectivity index (χ0n) is 14.9. The van der Waals surface area contributed by atoms with Crippen LogP contribution in [-0.2, 0) is 0 Å². The number of hydrogen-bond donors (Lipinski definition) is 2. The van der Waals surface area contributed by atoms with Crippen LogP contribution in [0.2, 0.25) is 0 Å². The minimum Gasteiger partial charge on any atom is -0.489 e. The summed E-state index contributed by atoms with van der Waals surface area (Å²) < 4.78 is 5.90. The van der Waals surface area contributed by atoms with E-state index in [-0.39, 0.29) is 30.1 Å². The number of hydrogen-bond acceptors (Lipinski definition) is 3. The third kappa shape index (κ3) is 10.4. The first-order valence-electron chi connectivity index (χ1n) is 7.84. The van der Waals surface area contributed by atoms with Crippen molar-refractivity contribution in [2.45, 2.75) is 26.4 Å². The maximum Gasteiger partial charge on any atom is 0.191 e. The highest BCUT2D eigenvalue weighted by atomic mass is 127. The normalized spacial score (nSPS) is 12.5. The number of nitrogens with zero attached hydrogens (tertiary/aromatic N) is 2. The average molecular weight is 434 g/mol. The summed E-state index contributed by atoms with van der Waals surface area (Å²) in [7, 11) is 5.95. The van der Waals surface area contributed by atoms with Gasteiger partial charge in [0, 0.05) is 13.6 Å². The summed E-state index contributed by atoms with van der Waals surface area (Å²) in [5.41, 5.74) is 1.20. The van der Waals surface area contributed by atoms with Crippen LogP contribution in [0, 0.1) is 6.92 Å². The Morgan fingerprint density at radius 1 is 1.30 bits per heavy atom. The largest absolute Gasteiger partial charge is 0.489 e. The van der Waals surface area contributed by atoms with Crippen molar-refractivity contribution in [1.29, 1.82) is 0 Å². The van der Waals surface area contributed by atoms with E-state index in [2.05, 4.69) is 54.5 Å². The zero-order valence-corrected chi connectivity index (χ0v) is 17.3. The Kier molecular flexibility index (Phi) is 11.9. The molecule has 6 heteroatoms. The summed E-state index contributed by atoms with van der Waals surface area (Å²) in [5, 5.41) is 6.60. The van der Waals surface area contributed by atoms with Gasteiger partial charge in [-0.1, -0.05) is 12.1 Å². The number of halogens is 1. The summed E-state index contributed by atoms with van der Waals surface area (Å²) in [6, 6.07) is 8.11. The van der Waals surface area contributed by atoms with Crippen LogP contribution in [-0.4, -0.2) is 57.7 Å². The lowest BCUT2D eigenvalue weighted by molar-refractivity contribution is 0.223. The van der Waals surface area contributed by atoms with Crippen LogP contribution in [0.5, 0.6) is 5.75 Å². The highest BCUT2D eigenvalue weighted by Crippen LogP contribution is 2.13. The van der Waals surface area contributed by atoms with Crippen molar-refractivity contribution in [2.24, 2.45) is 4.99 Å². The van der Waals surface area contributed by atoms with Gasteiger partial charge in [0.1, 0.15) is 11.9 Å². The quantitative estimate of drug-likeness (QED) is 0.286. The molecule has 0 aliphatic heterocycles. The minimum atomic E-state index is 0. The molecule has 23 heavy (non-hydrogen) atoms. The predicted octanol–water partition coefficient (Wildman–Crippen LogP) is 2.50. The molecule has 1 atom stereocenters. The number of rotatable bonds is 8. The topological polar surface area (TPSA) is 48.9 Å². The molecule has 132 valence electrons. The van der Waals surface area contributed by atoms with E-state index in [4.69, 9.17) is 4.74 Å². The van der Waals surface area contributed by atoms with Crippen LogP contribution in [0.1, 0.15) is 18.9 Å². The van der Waals surface area contributed by atoms with Crippen LogP contribution in [0.3, 0.4) is 0 Å². The number of ether oxygens (including phenoxy) is 1. The lowest BCUT2D eigenvalue weighted by Gasteiger charge is -2.18. The highest BCUT2D eigenvalue weighted by molar-refractivity contribution is 14.0. The molecule has 0 aliphatic rings. The first-order valence-corrected chi connectivity index (χ1v) is 7.84. The Labute approximate surface area is 157 Å². The van der Waals surface area contributed by atoms with Gasteiger partial charge >= 0.3 is 0 Å². The van der Waals surface area contributed by atoms with E-state index in [0.717, 1.165) is 31.2 Å². The summed E-state index contributed by atoms with van der Waals surface area (Å²) in [5.74, 6) is 1.72. The Morgan fingerprint density at radius 3 is 2.65 bits per heavy atom. The number of aliphatic imine (C=N–C) groups is 1. The first kappa shape index (κ1) is 22.0. The molecule has 2 N–H and O–H groups in total. The van der Waals surface area contributed by atoms with Crippen molar-refractivity contribution >= 4 is 29.9 Å². The van der Waals surface area contributed by atoms with Crippen molar-refractivity contribution in [3.63, 3.8) is 0 Å². The smallest absolute Gasteiger partial charge is 0.191 e. The molecule has 0 fully saturated rings. The van der Waals surface area contributed by atoms with Gasteiger partial charge in [0.05, 0.1) is 6.54 Å². The fourth-order valence-electron chi connectivity index (χ4n) is 2.03. The van der Waals surface area contributed by atoms with Gasteiger partial charge in [-0.15, -0.1) is 24.0 Å². The second kappa shape index (κ2) is 12.4. The fraction of sp³-hybridized carbons (Fsp3) is 0.588. The molecule has 0 bridgehead atoms. The van der Waals surface area contributed by atoms with Gasteiger partial charge in [-0.05, 0) is 58.6 Å². The van der Waals surface area contributed by atoms with Crippen molar-refractivity contribution in [3.8, 4) is 5.75 Å². The Bertz CT molecular complexity index is 466. The summed E-state index contributed by atoms with van der Waals surface area (Å²) in [6.45, 7) is 6.80. The molecule has 0 aliphatic carbocycles. The molecule has 0 saturated carbocycles. The third-order valence-corrected chi connectivity index (χ3v) is 3.18. The maximum absolute atomic E-state index is 5.90. The fourth-order valence-corrected chi connectivity index (χ4v) is 2.03. The molecule has 0 heterocycles. The van der Waals surface area contributed by atoms with Crippen LogP contribution < -0.4 is 15.4 Å².